The van der Waals surface area contributed by atoms with Gasteiger partial charge < -0.3 is 5.40 Å². The van der Waals surface area contributed by atoms with E-state index in [0.717, 1.165) is 0 Å². The molecule has 0 aromatic heterocycles. The van der Waals surface area contributed by atoms with E-state index in [1.807, 2.05) is 0 Å². The fourth-order valence-corrected chi connectivity index (χ4v) is 20.8. The third-order valence-electron chi connectivity index (χ3n) is 1.54. The summed E-state index contributed by atoms with van der Waals surface area (Å²) in [4.78, 5) is 0. The Morgan fingerprint density at radius 3 is 1.12 bits per heavy atom. The molecule has 8 heavy (non-hydrogen) atoms. The molecule has 0 heterocycles. The van der Waals surface area contributed by atoms with Crippen LogP contribution in [0.1, 0.15) is 0 Å². The molecule has 0 spiro atoms. The summed E-state index contributed by atoms with van der Waals surface area (Å²) >= 11 is 0. The van der Waals surface area contributed by atoms with Crippen molar-refractivity contribution in [1.29, 1.82) is 0 Å². The Balaban J connectivity index is 3.46. The van der Waals surface area contributed by atoms with Crippen LogP contribution < -0.4 is 5.40 Å². The zero-order valence-electron chi connectivity index (χ0n) is 6.31. The van der Waals surface area contributed by atoms with Gasteiger partial charge in [0.15, 0.2) is 0 Å². The van der Waals surface area contributed by atoms with Gasteiger partial charge in [0.2, 0.25) is 0 Å². The third kappa shape index (κ3) is 2.81. The van der Waals surface area contributed by atoms with Crippen molar-refractivity contribution in [2.75, 3.05) is 0 Å². The highest BCUT2D eigenvalue weighted by molar-refractivity contribution is 7.48. The minimum Gasteiger partial charge on any atom is -0.357 e. The van der Waals surface area contributed by atoms with Crippen LogP contribution in [0, 0.1) is 0 Å². The molecule has 0 fully saturated rings. The van der Waals surface area contributed by atoms with Crippen LogP contribution in [0.25, 0.3) is 0 Å². The molecule has 1 nitrogen and oxygen atoms in total. The van der Waals surface area contributed by atoms with Crippen molar-refractivity contribution < 1.29 is 0 Å². The van der Waals surface area contributed by atoms with Crippen LogP contribution in [0.3, 0.4) is 0 Å². The molecule has 0 unspecified atom stereocenters. The highest BCUT2D eigenvalue weighted by atomic mass is 29.6. The molecule has 2 N–H and O–H groups in total. The first-order chi connectivity index (χ1) is 3.55. The summed E-state index contributed by atoms with van der Waals surface area (Å²) in [7, 11) is -1.26. The van der Waals surface area contributed by atoms with E-state index in [4.69, 9.17) is 5.40 Å². The van der Waals surface area contributed by atoms with Gasteiger partial charge in [0.1, 0.15) is 0 Å². The summed E-state index contributed by atoms with van der Waals surface area (Å²) in [6.45, 7) is 9.57. The molecule has 0 amide bonds. The molecule has 0 radical (unpaired) electrons. The van der Waals surface area contributed by atoms with E-state index >= 15 is 0 Å². The topological polar surface area (TPSA) is 26.0 Å². The maximum atomic E-state index is 6.02. The fourth-order valence-electron chi connectivity index (χ4n) is 0.770. The highest BCUT2D eigenvalue weighted by Crippen LogP contribution is 1.88. The molecule has 0 saturated carbocycles. The van der Waals surface area contributed by atoms with Gasteiger partial charge in [0.05, 0.1) is 7.99 Å². The maximum Gasteiger partial charge on any atom is 0.0803 e. The lowest BCUT2D eigenvalue weighted by atomic mass is 11.9. The second kappa shape index (κ2) is 3.60. The van der Waals surface area contributed by atoms with Crippen LogP contribution in [0.4, 0.5) is 0 Å². The molecule has 0 aromatic carbocycles. The summed E-state index contributed by atoms with van der Waals surface area (Å²) in [5.74, 6) is 0. The fraction of sp³-hybridized carbons (Fsp3) is 1.00. The summed E-state index contributed by atoms with van der Waals surface area (Å²) in [5, 5.41) is 6.02. The minimum absolute atomic E-state index is 0.344. The molecule has 0 aliphatic rings. The first-order valence-electron chi connectivity index (χ1n) is 3.31. The lowest BCUT2D eigenvalue weighted by Crippen LogP contribution is -2.50. The molecule has 50 valence electrons. The lowest BCUT2D eigenvalue weighted by Gasteiger charge is -2.14. The first kappa shape index (κ1) is 8.61. The molecule has 0 aliphatic carbocycles. The number of hydrogen-bond acceptors (Lipinski definition) is 1. The molecular weight excluding hydrogens is 146 g/mol. The van der Waals surface area contributed by atoms with E-state index < -0.39 is 7.99 Å². The normalized spacial score (nSPS) is 12.0. The summed E-state index contributed by atoms with van der Waals surface area (Å²) < 4.78 is 0. The molecule has 0 saturated heterocycles. The van der Waals surface area contributed by atoms with E-state index in [9.17, 15) is 0 Å². The van der Waals surface area contributed by atoms with Crippen molar-refractivity contribution in [1.82, 2.24) is 0 Å². The molecular formula is C4H17NSi3. The second-order valence-corrected chi connectivity index (χ2v) is 24.1. The second-order valence-electron chi connectivity index (χ2n) is 3.07. The lowest BCUT2D eigenvalue weighted by molar-refractivity contribution is 1.87. The van der Waals surface area contributed by atoms with Crippen molar-refractivity contribution >= 4 is 24.6 Å². The summed E-state index contributed by atoms with van der Waals surface area (Å²) in [6, 6.07) is 0. The number of hydrogen-bond donors (Lipinski definition) is 1. The SMILES string of the molecule is C[SiH](C)[SiH](N)[SiH](C)C. The van der Waals surface area contributed by atoms with E-state index in [1.165, 1.54) is 0 Å². The first-order valence-corrected chi connectivity index (χ1v) is 13.9. The smallest absolute Gasteiger partial charge is 0.0803 e. The molecule has 4 heteroatoms. The van der Waals surface area contributed by atoms with Crippen molar-refractivity contribution in [2.24, 2.45) is 5.40 Å². The molecule has 0 aliphatic heterocycles. The Hall–Kier alpha value is 0.611. The van der Waals surface area contributed by atoms with Gasteiger partial charge in [-0.25, -0.2) is 0 Å². The quantitative estimate of drug-likeness (QED) is 0.561. The van der Waals surface area contributed by atoms with Crippen molar-refractivity contribution in [2.45, 2.75) is 26.2 Å². The standard InChI is InChI=1S/C4H17NSi3/c1-6(2)8(5)7(3)4/h6-8H,5H2,1-4H3. The maximum absolute atomic E-state index is 6.02. The van der Waals surface area contributed by atoms with Crippen molar-refractivity contribution in [3.05, 3.63) is 0 Å². The van der Waals surface area contributed by atoms with Crippen LogP contribution in [0.5, 0.6) is 0 Å². The molecule has 0 rings (SSSR count). The Labute approximate surface area is 56.8 Å². The predicted molar refractivity (Wildman–Crippen MR) is 49.1 cm³/mol. The number of nitrogens with two attached hydrogens (primary N) is 1. The zero-order chi connectivity index (χ0) is 6.73. The van der Waals surface area contributed by atoms with E-state index in [1.54, 1.807) is 0 Å². The van der Waals surface area contributed by atoms with Crippen LogP contribution in [-0.4, -0.2) is 24.6 Å². The van der Waals surface area contributed by atoms with Crippen molar-refractivity contribution in [3.63, 3.8) is 0 Å². The monoisotopic (exact) mass is 163 g/mol. The van der Waals surface area contributed by atoms with Gasteiger partial charge in [-0.05, 0) is 0 Å². The van der Waals surface area contributed by atoms with Gasteiger partial charge in [-0.1, -0.05) is 26.2 Å². The van der Waals surface area contributed by atoms with Crippen LogP contribution >= 0.6 is 0 Å². The Morgan fingerprint density at radius 1 is 0.875 bits per heavy atom. The van der Waals surface area contributed by atoms with Crippen LogP contribution in [0.2, 0.25) is 26.2 Å². The van der Waals surface area contributed by atoms with E-state index in [2.05, 4.69) is 26.2 Å². The highest BCUT2D eigenvalue weighted by Gasteiger charge is 2.15. The van der Waals surface area contributed by atoms with Crippen molar-refractivity contribution in [3.8, 4) is 0 Å². The molecule has 0 aromatic rings. The van der Waals surface area contributed by atoms with Crippen LogP contribution in [0.15, 0.2) is 0 Å². The Morgan fingerprint density at radius 2 is 1.12 bits per heavy atom. The zero-order valence-corrected chi connectivity index (χ0v) is 9.77. The average Bonchev–Trinajstić information content (AvgIpc) is 1.64. The largest absolute Gasteiger partial charge is 0.357 e. The van der Waals surface area contributed by atoms with Gasteiger partial charge in [0, 0.05) is 16.6 Å². The van der Waals surface area contributed by atoms with Gasteiger partial charge in [-0.3, -0.25) is 0 Å². The van der Waals surface area contributed by atoms with Gasteiger partial charge >= 0.3 is 0 Å². The van der Waals surface area contributed by atoms with Crippen LogP contribution in [-0.2, 0) is 0 Å². The van der Waals surface area contributed by atoms with Gasteiger partial charge in [-0.15, -0.1) is 0 Å². The van der Waals surface area contributed by atoms with E-state index in [-0.39, 0.29) is 16.6 Å². The number of rotatable bonds is 2. The minimum atomic E-state index is -0.571. The third-order valence-corrected chi connectivity index (χ3v) is 27.7. The Bertz CT molecular complexity index is 56.3. The molecule has 0 bridgehead atoms. The predicted octanol–water partition coefficient (Wildman–Crippen LogP) is -0.201. The molecule has 0 atom stereocenters. The Kier molecular flexibility index (Phi) is 3.88. The van der Waals surface area contributed by atoms with Gasteiger partial charge in [-0.2, -0.15) is 0 Å². The van der Waals surface area contributed by atoms with Gasteiger partial charge in [0.25, 0.3) is 0 Å². The van der Waals surface area contributed by atoms with E-state index in [0.29, 0.717) is 0 Å². The summed E-state index contributed by atoms with van der Waals surface area (Å²) in [6.07, 6.45) is 0. The average molecular weight is 163 g/mol. The summed E-state index contributed by atoms with van der Waals surface area (Å²) in [5.41, 5.74) is 0.